The highest BCUT2D eigenvalue weighted by molar-refractivity contribution is 4.93. The van der Waals surface area contributed by atoms with Crippen molar-refractivity contribution in [1.82, 2.24) is 0 Å². The Bertz CT molecular complexity index is 151. The summed E-state index contributed by atoms with van der Waals surface area (Å²) >= 11 is 0. The van der Waals surface area contributed by atoms with Gasteiger partial charge < -0.3 is 5.73 Å². The Morgan fingerprint density at radius 2 is 2.00 bits per heavy atom. The molecule has 1 aliphatic carbocycles. The molecule has 1 rings (SSSR count). The average Bonchev–Trinajstić information content (AvgIpc) is 2.43. The molecule has 0 bridgehead atoms. The molecule has 2 atom stereocenters. The SMILES string of the molecule is CCC(CC)CC1(N)CCC(C)C1. The lowest BCUT2D eigenvalue weighted by atomic mass is 9.84. The van der Waals surface area contributed by atoms with Crippen molar-refractivity contribution in [1.29, 1.82) is 0 Å². The van der Waals surface area contributed by atoms with Crippen LogP contribution in [0.1, 0.15) is 59.3 Å². The van der Waals surface area contributed by atoms with Crippen LogP contribution in [0.2, 0.25) is 0 Å². The highest BCUT2D eigenvalue weighted by Crippen LogP contribution is 2.37. The first kappa shape index (κ1) is 11.0. The molecule has 0 spiro atoms. The fourth-order valence-corrected chi connectivity index (χ4v) is 2.77. The zero-order valence-electron chi connectivity index (χ0n) is 9.47. The molecule has 2 unspecified atom stereocenters. The second kappa shape index (κ2) is 4.45. The van der Waals surface area contributed by atoms with Gasteiger partial charge in [0.15, 0.2) is 0 Å². The summed E-state index contributed by atoms with van der Waals surface area (Å²) in [7, 11) is 0. The average molecular weight is 183 g/mol. The summed E-state index contributed by atoms with van der Waals surface area (Å²) in [5.41, 5.74) is 6.59. The maximum Gasteiger partial charge on any atom is 0.0159 e. The molecule has 0 aromatic carbocycles. The minimum atomic E-state index is 0.191. The molecular weight excluding hydrogens is 158 g/mol. The highest BCUT2D eigenvalue weighted by Gasteiger charge is 2.34. The van der Waals surface area contributed by atoms with Crippen molar-refractivity contribution in [2.75, 3.05) is 0 Å². The first-order valence-electron chi connectivity index (χ1n) is 5.88. The van der Waals surface area contributed by atoms with Gasteiger partial charge in [-0.25, -0.2) is 0 Å². The topological polar surface area (TPSA) is 26.0 Å². The molecule has 0 radical (unpaired) electrons. The minimum Gasteiger partial charge on any atom is -0.325 e. The zero-order valence-corrected chi connectivity index (χ0v) is 9.47. The first-order valence-corrected chi connectivity index (χ1v) is 5.88. The van der Waals surface area contributed by atoms with Gasteiger partial charge in [-0.3, -0.25) is 0 Å². The molecule has 0 saturated heterocycles. The summed E-state index contributed by atoms with van der Waals surface area (Å²) < 4.78 is 0. The third-order valence-corrected chi connectivity index (χ3v) is 3.74. The lowest BCUT2D eigenvalue weighted by Gasteiger charge is -2.28. The van der Waals surface area contributed by atoms with Crippen LogP contribution in [0.5, 0.6) is 0 Å². The van der Waals surface area contributed by atoms with E-state index in [1.807, 2.05) is 0 Å². The third kappa shape index (κ3) is 2.98. The van der Waals surface area contributed by atoms with E-state index in [9.17, 15) is 0 Å². The number of hydrogen-bond donors (Lipinski definition) is 1. The van der Waals surface area contributed by atoms with E-state index in [1.165, 1.54) is 38.5 Å². The molecule has 1 fully saturated rings. The molecule has 0 heterocycles. The van der Waals surface area contributed by atoms with Crippen LogP contribution in [-0.4, -0.2) is 5.54 Å². The summed E-state index contributed by atoms with van der Waals surface area (Å²) in [6, 6.07) is 0. The van der Waals surface area contributed by atoms with Crippen LogP contribution in [0.25, 0.3) is 0 Å². The van der Waals surface area contributed by atoms with Crippen molar-refractivity contribution < 1.29 is 0 Å². The molecule has 2 N–H and O–H groups in total. The van der Waals surface area contributed by atoms with Crippen molar-refractivity contribution in [3.8, 4) is 0 Å². The number of rotatable bonds is 4. The lowest BCUT2D eigenvalue weighted by molar-refractivity contribution is 0.301. The van der Waals surface area contributed by atoms with Crippen LogP contribution in [0.15, 0.2) is 0 Å². The van der Waals surface area contributed by atoms with Gasteiger partial charge in [-0.2, -0.15) is 0 Å². The largest absolute Gasteiger partial charge is 0.325 e. The Hall–Kier alpha value is -0.0400. The van der Waals surface area contributed by atoms with Crippen LogP contribution in [0, 0.1) is 11.8 Å². The Morgan fingerprint density at radius 1 is 1.38 bits per heavy atom. The summed E-state index contributed by atoms with van der Waals surface area (Å²) in [5, 5.41) is 0. The highest BCUT2D eigenvalue weighted by atomic mass is 14.8. The molecule has 1 heteroatoms. The summed E-state index contributed by atoms with van der Waals surface area (Å²) in [6.07, 6.45) is 7.70. The normalized spacial score (nSPS) is 34.4. The van der Waals surface area contributed by atoms with Gasteiger partial charge in [0.25, 0.3) is 0 Å². The van der Waals surface area contributed by atoms with E-state index in [-0.39, 0.29) is 5.54 Å². The van der Waals surface area contributed by atoms with Crippen LogP contribution in [-0.2, 0) is 0 Å². The predicted octanol–water partition coefficient (Wildman–Crippen LogP) is 3.33. The van der Waals surface area contributed by atoms with Gasteiger partial charge in [0.05, 0.1) is 0 Å². The van der Waals surface area contributed by atoms with Crippen LogP contribution in [0.3, 0.4) is 0 Å². The smallest absolute Gasteiger partial charge is 0.0159 e. The van der Waals surface area contributed by atoms with E-state index in [2.05, 4.69) is 20.8 Å². The second-order valence-corrected chi connectivity index (χ2v) is 5.10. The maximum atomic E-state index is 6.40. The van der Waals surface area contributed by atoms with Crippen LogP contribution in [0.4, 0.5) is 0 Å². The van der Waals surface area contributed by atoms with Gasteiger partial charge >= 0.3 is 0 Å². The molecule has 0 aliphatic heterocycles. The fourth-order valence-electron chi connectivity index (χ4n) is 2.77. The van der Waals surface area contributed by atoms with E-state index >= 15 is 0 Å². The monoisotopic (exact) mass is 183 g/mol. The maximum absolute atomic E-state index is 6.40. The minimum absolute atomic E-state index is 0.191. The second-order valence-electron chi connectivity index (χ2n) is 5.10. The Labute approximate surface area is 83.1 Å². The predicted molar refractivity (Wildman–Crippen MR) is 58.6 cm³/mol. The molecule has 78 valence electrons. The third-order valence-electron chi connectivity index (χ3n) is 3.74. The Kier molecular flexibility index (Phi) is 3.78. The van der Waals surface area contributed by atoms with Gasteiger partial charge in [-0.05, 0) is 37.5 Å². The quantitative estimate of drug-likeness (QED) is 0.711. The van der Waals surface area contributed by atoms with E-state index in [0.29, 0.717) is 0 Å². The van der Waals surface area contributed by atoms with Gasteiger partial charge in [-0.1, -0.05) is 33.6 Å². The molecule has 1 aliphatic rings. The summed E-state index contributed by atoms with van der Waals surface area (Å²) in [5.74, 6) is 1.72. The van der Waals surface area contributed by atoms with Crippen molar-refractivity contribution in [3.05, 3.63) is 0 Å². The molecule has 0 amide bonds. The van der Waals surface area contributed by atoms with Crippen molar-refractivity contribution in [3.63, 3.8) is 0 Å². The van der Waals surface area contributed by atoms with E-state index < -0.39 is 0 Å². The van der Waals surface area contributed by atoms with Crippen molar-refractivity contribution in [2.45, 2.75) is 64.8 Å². The van der Waals surface area contributed by atoms with Crippen molar-refractivity contribution >= 4 is 0 Å². The molecule has 0 aromatic rings. The molecule has 1 saturated carbocycles. The standard InChI is InChI=1S/C12H25N/c1-4-11(5-2)9-12(13)7-6-10(3)8-12/h10-11H,4-9,13H2,1-3H3. The fraction of sp³-hybridized carbons (Fsp3) is 1.00. The van der Waals surface area contributed by atoms with Crippen LogP contribution < -0.4 is 5.73 Å². The van der Waals surface area contributed by atoms with Crippen LogP contribution >= 0.6 is 0 Å². The van der Waals surface area contributed by atoms with Gasteiger partial charge in [0, 0.05) is 5.54 Å². The Balaban J connectivity index is 2.42. The lowest BCUT2D eigenvalue weighted by Crippen LogP contribution is -2.38. The molecular formula is C12H25N. The van der Waals surface area contributed by atoms with E-state index in [0.717, 1.165) is 11.8 Å². The van der Waals surface area contributed by atoms with E-state index in [4.69, 9.17) is 5.73 Å². The summed E-state index contributed by atoms with van der Waals surface area (Å²) in [6.45, 7) is 6.91. The van der Waals surface area contributed by atoms with Gasteiger partial charge in [0.2, 0.25) is 0 Å². The molecule has 13 heavy (non-hydrogen) atoms. The van der Waals surface area contributed by atoms with Gasteiger partial charge in [-0.15, -0.1) is 0 Å². The number of nitrogens with two attached hydrogens (primary N) is 1. The summed E-state index contributed by atoms with van der Waals surface area (Å²) in [4.78, 5) is 0. The van der Waals surface area contributed by atoms with E-state index in [1.54, 1.807) is 0 Å². The molecule has 1 nitrogen and oxygen atoms in total. The number of hydrogen-bond acceptors (Lipinski definition) is 1. The zero-order chi connectivity index (χ0) is 9.90. The Morgan fingerprint density at radius 3 is 2.38 bits per heavy atom. The van der Waals surface area contributed by atoms with Crippen molar-refractivity contribution in [2.24, 2.45) is 17.6 Å². The first-order chi connectivity index (χ1) is 6.09. The molecule has 0 aromatic heterocycles. The van der Waals surface area contributed by atoms with Gasteiger partial charge in [0.1, 0.15) is 0 Å².